The fourth-order valence-corrected chi connectivity index (χ4v) is 2.18. The maximum atomic E-state index is 12.0. The van der Waals surface area contributed by atoms with Crippen molar-refractivity contribution in [3.63, 3.8) is 0 Å². The van der Waals surface area contributed by atoms with Crippen molar-refractivity contribution in [1.29, 1.82) is 0 Å². The molecule has 4 heteroatoms. The summed E-state index contributed by atoms with van der Waals surface area (Å²) in [5.74, 6) is -0.363. The molecule has 1 heterocycles. The number of amides is 2. The molecule has 84 valence electrons. The van der Waals surface area contributed by atoms with Crippen LogP contribution in [0.3, 0.4) is 0 Å². The van der Waals surface area contributed by atoms with E-state index in [1.165, 1.54) is 4.90 Å². The van der Waals surface area contributed by atoms with Crippen LogP contribution in [-0.4, -0.2) is 22.8 Å². The topological polar surface area (TPSA) is 37.4 Å². The number of imide groups is 1. The lowest BCUT2D eigenvalue weighted by Gasteiger charge is -2.20. The Morgan fingerprint density at radius 1 is 1.25 bits per heavy atom. The van der Waals surface area contributed by atoms with Gasteiger partial charge >= 0.3 is 0 Å². The van der Waals surface area contributed by atoms with E-state index in [9.17, 15) is 9.59 Å². The zero-order chi connectivity index (χ0) is 11.9. The van der Waals surface area contributed by atoms with Crippen LogP contribution in [0.25, 0.3) is 0 Å². The third kappa shape index (κ3) is 1.57. The highest BCUT2D eigenvalue weighted by atomic mass is 79.9. The highest BCUT2D eigenvalue weighted by molar-refractivity contribution is 9.10. The number of hydrogen-bond donors (Lipinski definition) is 0. The summed E-state index contributed by atoms with van der Waals surface area (Å²) in [6.07, 6.45) is 0.770. The molecule has 0 aromatic heterocycles. The summed E-state index contributed by atoms with van der Waals surface area (Å²) in [5.41, 5.74) is 1.01. The van der Waals surface area contributed by atoms with E-state index in [4.69, 9.17) is 0 Å². The van der Waals surface area contributed by atoms with Gasteiger partial charge in [-0.25, -0.2) is 0 Å². The molecule has 1 aliphatic heterocycles. The Bertz CT molecular complexity index is 470. The Morgan fingerprint density at radius 2 is 1.88 bits per heavy atom. The van der Waals surface area contributed by atoms with Gasteiger partial charge in [0.25, 0.3) is 11.8 Å². The summed E-state index contributed by atoms with van der Waals surface area (Å²) in [6, 6.07) is 5.13. The number of carbonyl (C=O) groups excluding carboxylic acids is 2. The summed E-state index contributed by atoms with van der Waals surface area (Å²) in [6.45, 7) is 3.85. The minimum absolute atomic E-state index is 0.0498. The molecule has 1 aliphatic rings. The molecule has 0 saturated heterocycles. The van der Waals surface area contributed by atoms with Crippen molar-refractivity contribution >= 4 is 27.7 Å². The first-order valence-corrected chi connectivity index (χ1v) is 6.03. The predicted molar refractivity (Wildman–Crippen MR) is 64.4 cm³/mol. The number of nitrogens with zero attached hydrogens (tertiary/aromatic N) is 1. The Labute approximate surface area is 103 Å². The maximum absolute atomic E-state index is 12.0. The molecule has 2 rings (SSSR count). The normalized spacial score (nSPS) is 16.6. The number of rotatable bonds is 2. The van der Waals surface area contributed by atoms with E-state index in [1.807, 2.05) is 13.8 Å². The molecule has 0 aliphatic carbocycles. The molecule has 2 amide bonds. The van der Waals surface area contributed by atoms with Gasteiger partial charge < -0.3 is 0 Å². The van der Waals surface area contributed by atoms with E-state index in [-0.39, 0.29) is 17.9 Å². The molecule has 1 aromatic rings. The molecule has 1 atom stereocenters. The van der Waals surface area contributed by atoms with E-state index in [0.29, 0.717) is 11.1 Å². The van der Waals surface area contributed by atoms with E-state index in [1.54, 1.807) is 18.2 Å². The molecular weight excluding hydrogens is 270 g/mol. The number of fused-ring (bicyclic) bond motifs is 1. The van der Waals surface area contributed by atoms with Gasteiger partial charge in [0.15, 0.2) is 0 Å². The van der Waals surface area contributed by atoms with Crippen LogP contribution in [0.4, 0.5) is 0 Å². The molecule has 0 radical (unpaired) electrons. The molecule has 0 bridgehead atoms. The van der Waals surface area contributed by atoms with Crippen LogP contribution in [0.15, 0.2) is 22.7 Å². The summed E-state index contributed by atoms with van der Waals surface area (Å²) in [5, 5.41) is 0. The van der Waals surface area contributed by atoms with Crippen molar-refractivity contribution in [2.45, 2.75) is 26.3 Å². The fraction of sp³-hybridized carbons (Fsp3) is 0.333. The first-order valence-electron chi connectivity index (χ1n) is 5.23. The van der Waals surface area contributed by atoms with Gasteiger partial charge in [0.2, 0.25) is 0 Å². The minimum Gasteiger partial charge on any atom is -0.272 e. The second-order valence-corrected chi connectivity index (χ2v) is 4.84. The van der Waals surface area contributed by atoms with Crippen molar-refractivity contribution in [3.05, 3.63) is 33.8 Å². The third-order valence-corrected chi connectivity index (χ3v) is 3.40. The lowest BCUT2D eigenvalue weighted by molar-refractivity contribution is 0.0593. The molecule has 0 saturated carbocycles. The van der Waals surface area contributed by atoms with E-state index in [2.05, 4.69) is 15.9 Å². The average molecular weight is 282 g/mol. The van der Waals surface area contributed by atoms with Crippen LogP contribution in [-0.2, 0) is 0 Å². The Hall–Kier alpha value is -1.16. The van der Waals surface area contributed by atoms with Crippen LogP contribution in [0.2, 0.25) is 0 Å². The summed E-state index contributed by atoms with van der Waals surface area (Å²) >= 11 is 3.30. The number of carbonyl (C=O) groups is 2. The fourth-order valence-electron chi connectivity index (χ4n) is 1.81. The summed E-state index contributed by atoms with van der Waals surface area (Å²) in [7, 11) is 0. The van der Waals surface area contributed by atoms with Gasteiger partial charge in [-0.15, -0.1) is 0 Å². The number of hydrogen-bond acceptors (Lipinski definition) is 2. The molecule has 0 N–H and O–H groups in total. The third-order valence-electron chi connectivity index (χ3n) is 2.91. The summed E-state index contributed by atoms with van der Waals surface area (Å²) in [4.78, 5) is 25.4. The van der Waals surface area contributed by atoms with E-state index in [0.717, 1.165) is 10.9 Å². The van der Waals surface area contributed by atoms with Gasteiger partial charge in [0, 0.05) is 10.5 Å². The Morgan fingerprint density at radius 3 is 2.50 bits per heavy atom. The number of halogens is 1. The summed E-state index contributed by atoms with van der Waals surface area (Å²) < 4.78 is 0.818. The Kier molecular flexibility index (Phi) is 2.84. The average Bonchev–Trinajstić information content (AvgIpc) is 2.51. The van der Waals surface area contributed by atoms with Crippen molar-refractivity contribution in [2.75, 3.05) is 0 Å². The van der Waals surface area contributed by atoms with Crippen molar-refractivity contribution in [3.8, 4) is 0 Å². The van der Waals surface area contributed by atoms with Gasteiger partial charge in [-0.3, -0.25) is 14.5 Å². The van der Waals surface area contributed by atoms with Crippen molar-refractivity contribution in [2.24, 2.45) is 0 Å². The van der Waals surface area contributed by atoms with Gasteiger partial charge in [0.1, 0.15) is 0 Å². The second kappa shape index (κ2) is 4.01. The molecule has 1 unspecified atom stereocenters. The molecule has 1 aromatic carbocycles. The van der Waals surface area contributed by atoms with Crippen LogP contribution in [0.1, 0.15) is 41.0 Å². The van der Waals surface area contributed by atoms with Gasteiger partial charge in [0.05, 0.1) is 11.1 Å². The monoisotopic (exact) mass is 281 g/mol. The SMILES string of the molecule is CCC(C)N1C(=O)c2ccc(Br)cc2C1=O. The van der Waals surface area contributed by atoms with Crippen LogP contribution >= 0.6 is 15.9 Å². The predicted octanol–water partition coefficient (Wildman–Crippen LogP) is 2.84. The molecule has 16 heavy (non-hydrogen) atoms. The minimum atomic E-state index is -0.185. The Balaban J connectivity index is 2.48. The lowest BCUT2D eigenvalue weighted by Crippen LogP contribution is -2.37. The largest absolute Gasteiger partial charge is 0.272 e. The quantitative estimate of drug-likeness (QED) is 0.782. The highest BCUT2D eigenvalue weighted by Gasteiger charge is 2.37. The zero-order valence-corrected chi connectivity index (χ0v) is 10.7. The molecule has 3 nitrogen and oxygen atoms in total. The molecule has 0 fully saturated rings. The van der Waals surface area contributed by atoms with Crippen molar-refractivity contribution < 1.29 is 9.59 Å². The standard InChI is InChI=1S/C12H12BrNO2/c1-3-7(2)14-11(15)9-5-4-8(13)6-10(9)12(14)16/h4-7H,3H2,1-2H3. The van der Waals surface area contributed by atoms with Crippen LogP contribution < -0.4 is 0 Å². The first-order chi connectivity index (χ1) is 7.56. The smallest absolute Gasteiger partial charge is 0.261 e. The van der Waals surface area contributed by atoms with Gasteiger partial charge in [-0.2, -0.15) is 0 Å². The second-order valence-electron chi connectivity index (χ2n) is 3.93. The van der Waals surface area contributed by atoms with Crippen molar-refractivity contribution in [1.82, 2.24) is 4.90 Å². The lowest BCUT2D eigenvalue weighted by atomic mass is 10.1. The first kappa shape index (κ1) is 11.3. The highest BCUT2D eigenvalue weighted by Crippen LogP contribution is 2.27. The molecular formula is C12H12BrNO2. The number of benzene rings is 1. The van der Waals surface area contributed by atoms with E-state index >= 15 is 0 Å². The zero-order valence-electron chi connectivity index (χ0n) is 9.16. The van der Waals surface area contributed by atoms with Gasteiger partial charge in [-0.1, -0.05) is 22.9 Å². The van der Waals surface area contributed by atoms with Crippen LogP contribution in [0, 0.1) is 0 Å². The molecule has 0 spiro atoms. The van der Waals surface area contributed by atoms with Gasteiger partial charge in [-0.05, 0) is 31.5 Å². The van der Waals surface area contributed by atoms with Crippen LogP contribution in [0.5, 0.6) is 0 Å². The van der Waals surface area contributed by atoms with E-state index < -0.39 is 0 Å². The maximum Gasteiger partial charge on any atom is 0.261 e.